The standard InChI is InChI=1S/C17H14ClF4NO/c1-10(11-5-7-12(8-6-11)17(20,21)22)23-16(24)9-13-14(18)3-2-4-15(13)19/h2-8,10H,9H2,1H3,(H,23,24). The molecule has 0 bridgehead atoms. The van der Waals surface area contributed by atoms with E-state index in [4.69, 9.17) is 11.6 Å². The van der Waals surface area contributed by atoms with Crippen LogP contribution in [0.25, 0.3) is 0 Å². The van der Waals surface area contributed by atoms with E-state index < -0.39 is 29.5 Å². The van der Waals surface area contributed by atoms with Crippen molar-refractivity contribution in [1.82, 2.24) is 5.32 Å². The lowest BCUT2D eigenvalue weighted by Crippen LogP contribution is -2.28. The maximum absolute atomic E-state index is 13.7. The molecule has 0 saturated carbocycles. The molecular weight excluding hydrogens is 346 g/mol. The van der Waals surface area contributed by atoms with Crippen molar-refractivity contribution in [3.05, 3.63) is 70.0 Å². The maximum Gasteiger partial charge on any atom is 0.416 e. The molecule has 2 aromatic rings. The van der Waals surface area contributed by atoms with Crippen molar-refractivity contribution >= 4 is 17.5 Å². The third-order valence-electron chi connectivity index (χ3n) is 3.51. The zero-order valence-electron chi connectivity index (χ0n) is 12.6. The summed E-state index contributed by atoms with van der Waals surface area (Å²) in [5.41, 5.74) is -0.171. The third kappa shape index (κ3) is 4.47. The predicted octanol–water partition coefficient (Wildman–Crippen LogP) is 4.92. The minimum atomic E-state index is -4.41. The number of hydrogen-bond acceptors (Lipinski definition) is 1. The summed E-state index contributed by atoms with van der Waals surface area (Å²) in [7, 11) is 0. The Labute approximate surface area is 141 Å². The zero-order chi connectivity index (χ0) is 17.9. The molecule has 0 saturated heterocycles. The van der Waals surface area contributed by atoms with Crippen molar-refractivity contribution in [2.75, 3.05) is 0 Å². The SMILES string of the molecule is CC(NC(=O)Cc1c(F)cccc1Cl)c1ccc(C(F)(F)F)cc1. The molecule has 24 heavy (non-hydrogen) atoms. The van der Waals surface area contributed by atoms with E-state index in [1.807, 2.05) is 0 Å². The number of hydrogen-bond donors (Lipinski definition) is 1. The highest BCUT2D eigenvalue weighted by molar-refractivity contribution is 6.31. The van der Waals surface area contributed by atoms with Crippen LogP contribution in [0.1, 0.15) is 29.7 Å². The average molecular weight is 360 g/mol. The van der Waals surface area contributed by atoms with Crippen LogP contribution in [0.3, 0.4) is 0 Å². The summed E-state index contributed by atoms with van der Waals surface area (Å²) in [4.78, 5) is 12.0. The number of halogens is 5. The molecule has 1 amide bonds. The van der Waals surface area contributed by atoms with Gasteiger partial charge in [0, 0.05) is 10.6 Å². The van der Waals surface area contributed by atoms with E-state index in [0.717, 1.165) is 12.1 Å². The molecule has 0 radical (unpaired) electrons. The van der Waals surface area contributed by atoms with E-state index >= 15 is 0 Å². The lowest BCUT2D eigenvalue weighted by atomic mass is 10.0. The van der Waals surface area contributed by atoms with E-state index in [2.05, 4.69) is 5.32 Å². The minimum absolute atomic E-state index is 0.0799. The van der Waals surface area contributed by atoms with Gasteiger partial charge in [-0.05, 0) is 36.8 Å². The van der Waals surface area contributed by atoms with E-state index in [0.29, 0.717) is 5.56 Å². The molecule has 2 aromatic carbocycles. The highest BCUT2D eigenvalue weighted by Gasteiger charge is 2.30. The topological polar surface area (TPSA) is 29.1 Å². The molecule has 0 spiro atoms. The van der Waals surface area contributed by atoms with Crippen molar-refractivity contribution < 1.29 is 22.4 Å². The Hall–Kier alpha value is -2.08. The van der Waals surface area contributed by atoms with Gasteiger partial charge in [-0.15, -0.1) is 0 Å². The molecule has 0 fully saturated rings. The molecular formula is C17H14ClF4NO. The Kier molecular flexibility index (Phi) is 5.49. The highest BCUT2D eigenvalue weighted by atomic mass is 35.5. The lowest BCUT2D eigenvalue weighted by Gasteiger charge is -2.16. The first-order chi connectivity index (χ1) is 11.2. The van der Waals surface area contributed by atoms with Gasteiger partial charge in [0.1, 0.15) is 5.82 Å². The molecule has 0 aromatic heterocycles. The zero-order valence-corrected chi connectivity index (χ0v) is 13.4. The monoisotopic (exact) mass is 359 g/mol. The smallest absolute Gasteiger partial charge is 0.349 e. The second-order valence-corrected chi connectivity index (χ2v) is 5.69. The van der Waals surface area contributed by atoms with E-state index in [1.165, 1.54) is 30.3 Å². The van der Waals surface area contributed by atoms with Crippen molar-refractivity contribution in [3.63, 3.8) is 0 Å². The lowest BCUT2D eigenvalue weighted by molar-refractivity contribution is -0.137. The van der Waals surface area contributed by atoms with Crippen LogP contribution in [0.4, 0.5) is 17.6 Å². The molecule has 1 unspecified atom stereocenters. The summed E-state index contributed by atoms with van der Waals surface area (Å²) in [6, 6.07) is 8.08. The van der Waals surface area contributed by atoms with Gasteiger partial charge in [-0.25, -0.2) is 4.39 Å². The second kappa shape index (κ2) is 7.21. The highest BCUT2D eigenvalue weighted by Crippen LogP contribution is 2.30. The predicted molar refractivity (Wildman–Crippen MR) is 83.1 cm³/mol. The molecule has 0 aliphatic carbocycles. The van der Waals surface area contributed by atoms with Gasteiger partial charge in [-0.2, -0.15) is 13.2 Å². The van der Waals surface area contributed by atoms with Crippen LogP contribution in [0.5, 0.6) is 0 Å². The van der Waals surface area contributed by atoms with Crippen LogP contribution in [-0.2, 0) is 17.4 Å². The van der Waals surface area contributed by atoms with Gasteiger partial charge >= 0.3 is 6.18 Å². The van der Waals surface area contributed by atoms with Crippen molar-refractivity contribution in [3.8, 4) is 0 Å². The van der Waals surface area contributed by atoms with Crippen molar-refractivity contribution in [1.29, 1.82) is 0 Å². The second-order valence-electron chi connectivity index (χ2n) is 5.29. The molecule has 0 aliphatic rings. The van der Waals surface area contributed by atoms with Gasteiger partial charge in [0.25, 0.3) is 0 Å². The number of nitrogens with one attached hydrogen (secondary N) is 1. The third-order valence-corrected chi connectivity index (χ3v) is 3.87. The molecule has 2 nitrogen and oxygen atoms in total. The summed E-state index contributed by atoms with van der Waals surface area (Å²) < 4.78 is 51.2. The number of carbonyl (C=O) groups excluding carboxylic acids is 1. The Balaban J connectivity index is 2.04. The van der Waals surface area contributed by atoms with Crippen molar-refractivity contribution in [2.24, 2.45) is 0 Å². The molecule has 1 atom stereocenters. The van der Waals surface area contributed by atoms with Gasteiger partial charge in [0.2, 0.25) is 5.91 Å². The Morgan fingerprint density at radius 1 is 1.17 bits per heavy atom. The first kappa shape index (κ1) is 18.3. The summed E-state index contributed by atoms with van der Waals surface area (Å²) in [6.45, 7) is 1.63. The van der Waals surface area contributed by atoms with Gasteiger partial charge in [-0.1, -0.05) is 29.8 Å². The van der Waals surface area contributed by atoms with Crippen LogP contribution in [0.15, 0.2) is 42.5 Å². The molecule has 2 rings (SSSR count). The van der Waals surface area contributed by atoms with Crippen LogP contribution in [0, 0.1) is 5.82 Å². The summed E-state index contributed by atoms with van der Waals surface area (Å²) in [5, 5.41) is 2.76. The Morgan fingerprint density at radius 3 is 2.33 bits per heavy atom. The van der Waals surface area contributed by atoms with Gasteiger partial charge in [0.15, 0.2) is 0 Å². The number of alkyl halides is 3. The number of amides is 1. The molecule has 1 N–H and O–H groups in total. The molecule has 128 valence electrons. The fourth-order valence-electron chi connectivity index (χ4n) is 2.20. The maximum atomic E-state index is 13.7. The van der Waals surface area contributed by atoms with Gasteiger partial charge < -0.3 is 5.32 Å². The Morgan fingerprint density at radius 2 is 1.79 bits per heavy atom. The first-order valence-corrected chi connectivity index (χ1v) is 7.45. The average Bonchev–Trinajstić information content (AvgIpc) is 2.50. The van der Waals surface area contributed by atoms with Gasteiger partial charge in [0.05, 0.1) is 18.0 Å². The first-order valence-electron chi connectivity index (χ1n) is 7.08. The molecule has 0 aliphatic heterocycles. The van der Waals surface area contributed by atoms with Crippen LogP contribution in [-0.4, -0.2) is 5.91 Å². The van der Waals surface area contributed by atoms with E-state index in [-0.39, 0.29) is 17.0 Å². The summed E-state index contributed by atoms with van der Waals surface area (Å²) in [5.74, 6) is -1.06. The molecule has 7 heteroatoms. The number of rotatable bonds is 4. The largest absolute Gasteiger partial charge is 0.416 e. The normalized spacial score (nSPS) is 12.8. The Bertz CT molecular complexity index is 708. The minimum Gasteiger partial charge on any atom is -0.349 e. The van der Waals surface area contributed by atoms with E-state index in [9.17, 15) is 22.4 Å². The van der Waals surface area contributed by atoms with Gasteiger partial charge in [-0.3, -0.25) is 4.79 Å². The van der Waals surface area contributed by atoms with Crippen LogP contribution >= 0.6 is 11.6 Å². The van der Waals surface area contributed by atoms with E-state index in [1.54, 1.807) is 6.92 Å². The molecule has 0 heterocycles. The van der Waals surface area contributed by atoms with Crippen LogP contribution < -0.4 is 5.32 Å². The summed E-state index contributed by atoms with van der Waals surface area (Å²) >= 11 is 5.86. The number of carbonyl (C=O) groups is 1. The summed E-state index contributed by atoms with van der Waals surface area (Å²) in [6.07, 6.45) is -4.66. The number of benzene rings is 2. The fourth-order valence-corrected chi connectivity index (χ4v) is 2.43. The fraction of sp³-hybridized carbons (Fsp3) is 0.235. The van der Waals surface area contributed by atoms with Crippen molar-refractivity contribution in [2.45, 2.75) is 25.6 Å². The van der Waals surface area contributed by atoms with Crippen LogP contribution in [0.2, 0.25) is 5.02 Å². The quantitative estimate of drug-likeness (QED) is 0.771.